The largest absolute Gasteiger partial charge is 0.508 e. The van der Waals surface area contributed by atoms with Crippen molar-refractivity contribution in [2.45, 2.75) is 4.90 Å². The van der Waals surface area contributed by atoms with E-state index in [1.807, 2.05) is 0 Å². The first-order chi connectivity index (χ1) is 11.0. The number of fused-ring (bicyclic) bond motifs is 1. The molecule has 1 unspecified atom stereocenters. The highest BCUT2D eigenvalue weighted by molar-refractivity contribution is 7.79. The van der Waals surface area contributed by atoms with E-state index in [2.05, 4.69) is 9.98 Å². The lowest BCUT2D eigenvalue weighted by Crippen LogP contribution is -2.85. The zero-order valence-electron chi connectivity index (χ0n) is 11.7. The van der Waals surface area contributed by atoms with Crippen LogP contribution >= 0.6 is 11.3 Å². The minimum atomic E-state index is -2.35. The second-order valence-electron chi connectivity index (χ2n) is 4.67. The lowest BCUT2D eigenvalue weighted by molar-refractivity contribution is -0.445. The summed E-state index contributed by atoms with van der Waals surface area (Å²) < 4.78 is 20.8. The molecule has 1 atom stereocenters. The summed E-state index contributed by atoms with van der Waals surface area (Å²) in [6, 6.07) is 11.3. The molecule has 0 fully saturated rings. The van der Waals surface area contributed by atoms with E-state index in [-0.39, 0.29) is 11.7 Å². The molecular formula is C14H14N4O3S2+2. The second kappa shape index (κ2) is 6.42. The van der Waals surface area contributed by atoms with E-state index in [0.717, 1.165) is 10.2 Å². The maximum atomic E-state index is 10.9. The molecule has 7 nitrogen and oxygen atoms in total. The Labute approximate surface area is 137 Å². The van der Waals surface area contributed by atoms with E-state index in [1.165, 1.54) is 23.5 Å². The van der Waals surface area contributed by atoms with Crippen LogP contribution in [0, 0.1) is 0 Å². The minimum absolute atomic E-state index is 0.191. The number of hydrogen-bond donors (Lipinski definition) is 4. The van der Waals surface area contributed by atoms with E-state index < -0.39 is 11.1 Å². The van der Waals surface area contributed by atoms with E-state index >= 15 is 0 Å². The molecule has 0 aliphatic heterocycles. The fourth-order valence-electron chi connectivity index (χ4n) is 1.96. The van der Waals surface area contributed by atoms with Gasteiger partial charge in [0.15, 0.2) is 4.90 Å². The Morgan fingerprint density at radius 2 is 2.00 bits per heavy atom. The molecule has 0 saturated carbocycles. The van der Waals surface area contributed by atoms with Gasteiger partial charge in [-0.25, -0.2) is 5.32 Å². The number of thiol groups is 1. The Morgan fingerprint density at radius 3 is 2.70 bits per heavy atom. The number of guanidine groups is 1. The zero-order valence-corrected chi connectivity index (χ0v) is 13.5. The number of aliphatic imine (C=N–C) groups is 1. The number of hydrogen-bond acceptors (Lipinski definition) is 5. The molecule has 2 aromatic carbocycles. The van der Waals surface area contributed by atoms with Gasteiger partial charge in [0.05, 0.1) is 15.9 Å². The van der Waals surface area contributed by atoms with Crippen molar-refractivity contribution >= 4 is 49.4 Å². The van der Waals surface area contributed by atoms with Gasteiger partial charge in [-0.1, -0.05) is 15.5 Å². The van der Waals surface area contributed by atoms with Crippen molar-refractivity contribution in [2.24, 2.45) is 10.7 Å². The number of nitrogens with zero attached hydrogens (tertiary/aromatic N) is 2. The Balaban J connectivity index is 1.78. The SMILES string of the molecule is NC(=Nc1ccc([SH+](=O)O)cc1)[NH2+]c1nc2ccc(O)cc2s1. The molecule has 1 heterocycles. The van der Waals surface area contributed by atoms with Crippen LogP contribution in [0.25, 0.3) is 10.2 Å². The molecule has 1 aromatic heterocycles. The van der Waals surface area contributed by atoms with Gasteiger partial charge < -0.3 is 10.8 Å². The summed E-state index contributed by atoms with van der Waals surface area (Å²) in [5.74, 6) is 0.464. The molecule has 9 heteroatoms. The van der Waals surface area contributed by atoms with Crippen molar-refractivity contribution in [3.8, 4) is 5.75 Å². The number of phenolic OH excluding ortho intramolecular Hbond substituents is 1. The molecular weight excluding hydrogens is 336 g/mol. The van der Waals surface area contributed by atoms with Crippen LogP contribution in [0.4, 0.5) is 10.8 Å². The normalized spacial score (nSPS) is 13.3. The van der Waals surface area contributed by atoms with Crippen LogP contribution in [0.1, 0.15) is 0 Å². The van der Waals surface area contributed by atoms with Crippen LogP contribution in [-0.2, 0) is 15.3 Å². The summed E-state index contributed by atoms with van der Waals surface area (Å²) in [4.78, 5) is 8.95. The number of benzene rings is 2. The molecule has 23 heavy (non-hydrogen) atoms. The van der Waals surface area contributed by atoms with Gasteiger partial charge in [-0.05, 0) is 42.5 Å². The lowest BCUT2D eigenvalue weighted by Gasteiger charge is -1.96. The monoisotopic (exact) mass is 350 g/mol. The molecule has 0 aliphatic rings. The van der Waals surface area contributed by atoms with Crippen LogP contribution < -0.4 is 11.1 Å². The quantitative estimate of drug-likeness (QED) is 0.246. The van der Waals surface area contributed by atoms with Gasteiger partial charge in [0.25, 0.3) is 5.13 Å². The van der Waals surface area contributed by atoms with Crippen molar-refractivity contribution in [1.29, 1.82) is 0 Å². The summed E-state index contributed by atoms with van der Waals surface area (Å²) >= 11 is -0.952. The molecule has 118 valence electrons. The number of thiazole rings is 1. The van der Waals surface area contributed by atoms with Gasteiger partial charge in [0.1, 0.15) is 5.75 Å². The fraction of sp³-hybridized carbons (Fsp3) is 0. The maximum absolute atomic E-state index is 10.9. The summed E-state index contributed by atoms with van der Waals surface area (Å²) in [5, 5.41) is 11.8. The number of phenols is 1. The summed E-state index contributed by atoms with van der Waals surface area (Å²) in [5.41, 5.74) is 7.25. The van der Waals surface area contributed by atoms with Crippen molar-refractivity contribution in [2.75, 3.05) is 0 Å². The number of aromatic hydroxyl groups is 1. The van der Waals surface area contributed by atoms with Crippen molar-refractivity contribution < 1.29 is 19.2 Å². The highest BCUT2D eigenvalue weighted by Crippen LogP contribution is 2.26. The maximum Gasteiger partial charge on any atom is 0.303 e. The first-order valence-corrected chi connectivity index (χ1v) is 8.59. The van der Waals surface area contributed by atoms with Gasteiger partial charge in [-0.15, -0.1) is 0 Å². The highest BCUT2D eigenvalue weighted by atomic mass is 32.2. The van der Waals surface area contributed by atoms with Crippen molar-refractivity contribution in [3.05, 3.63) is 42.5 Å². The van der Waals surface area contributed by atoms with Gasteiger partial charge in [0.2, 0.25) is 11.1 Å². The summed E-state index contributed by atoms with van der Waals surface area (Å²) in [6.07, 6.45) is 0. The van der Waals surface area contributed by atoms with E-state index in [9.17, 15) is 9.32 Å². The van der Waals surface area contributed by atoms with E-state index in [1.54, 1.807) is 35.6 Å². The second-order valence-corrected chi connectivity index (χ2v) is 6.80. The molecule has 0 spiro atoms. The average Bonchev–Trinajstić information content (AvgIpc) is 2.88. The first-order valence-electron chi connectivity index (χ1n) is 6.56. The van der Waals surface area contributed by atoms with Crippen LogP contribution in [0.2, 0.25) is 0 Å². The van der Waals surface area contributed by atoms with Crippen LogP contribution in [0.5, 0.6) is 5.75 Å². The number of rotatable bonds is 3. The van der Waals surface area contributed by atoms with E-state index in [0.29, 0.717) is 15.7 Å². The Hall–Kier alpha value is -2.33. The van der Waals surface area contributed by atoms with E-state index in [4.69, 9.17) is 10.3 Å². The molecule has 0 saturated heterocycles. The highest BCUT2D eigenvalue weighted by Gasteiger charge is 2.10. The number of nitrogens with two attached hydrogens (primary N) is 2. The molecule has 6 N–H and O–H groups in total. The first kappa shape index (κ1) is 15.6. The molecule has 0 amide bonds. The van der Waals surface area contributed by atoms with Crippen molar-refractivity contribution in [1.82, 2.24) is 4.98 Å². The molecule has 0 radical (unpaired) electrons. The van der Waals surface area contributed by atoms with Gasteiger partial charge in [-0.3, -0.25) is 0 Å². The van der Waals surface area contributed by atoms with Crippen LogP contribution in [0.3, 0.4) is 0 Å². The third kappa shape index (κ3) is 3.71. The fourth-order valence-corrected chi connectivity index (χ4v) is 3.31. The van der Waals surface area contributed by atoms with Crippen LogP contribution in [-0.4, -0.2) is 20.6 Å². The topological polar surface area (TPSA) is 125 Å². The standard InChI is InChI=1S/C14H12N4O3S2/c15-13(16-8-1-4-10(5-2-8)23(20)21)18-14-17-11-6-3-9(19)7-12(11)22-14/h1-7,19H,(H,20,21)(H3,15,16,17,18)/p+2. The molecule has 0 aliphatic carbocycles. The predicted octanol–water partition coefficient (Wildman–Crippen LogP) is 1.37. The van der Waals surface area contributed by atoms with Gasteiger partial charge in [-0.2, -0.15) is 14.5 Å². The Bertz CT molecular complexity index is 906. The lowest BCUT2D eigenvalue weighted by atomic mass is 10.3. The minimum Gasteiger partial charge on any atom is -0.508 e. The molecule has 0 bridgehead atoms. The summed E-state index contributed by atoms with van der Waals surface area (Å²) in [7, 11) is 0. The van der Waals surface area contributed by atoms with Gasteiger partial charge in [0, 0.05) is 0 Å². The average molecular weight is 350 g/mol. The summed E-state index contributed by atoms with van der Waals surface area (Å²) in [6.45, 7) is 0. The molecule has 3 rings (SSSR count). The zero-order chi connectivity index (χ0) is 16.4. The van der Waals surface area contributed by atoms with Crippen LogP contribution in [0.15, 0.2) is 52.4 Å². The molecule has 3 aromatic rings. The number of aromatic nitrogens is 1. The number of quaternary nitrogens is 1. The van der Waals surface area contributed by atoms with Gasteiger partial charge >= 0.3 is 5.96 Å². The third-order valence-corrected chi connectivity index (χ3v) is 4.69. The smallest absolute Gasteiger partial charge is 0.303 e. The Kier molecular flexibility index (Phi) is 4.35. The predicted molar refractivity (Wildman–Crippen MR) is 90.9 cm³/mol. The Morgan fingerprint density at radius 1 is 1.26 bits per heavy atom. The third-order valence-electron chi connectivity index (χ3n) is 2.99. The van der Waals surface area contributed by atoms with Crippen molar-refractivity contribution in [3.63, 3.8) is 0 Å².